The summed E-state index contributed by atoms with van der Waals surface area (Å²) in [4.78, 5) is 0. The molecule has 0 radical (unpaired) electrons. The lowest BCUT2D eigenvalue weighted by Crippen LogP contribution is -2.24. The highest BCUT2D eigenvalue weighted by Crippen LogP contribution is 2.43. The molecule has 0 amide bonds. The van der Waals surface area contributed by atoms with Crippen LogP contribution in [-0.2, 0) is 24.0 Å². The Hall–Kier alpha value is -2.14. The SMILES string of the molecule is CCCCC1CCC(/C=C/CCc2cc3c(c(F)c2F)-c2c(cc(CCC)c(F)c2F)C3)OC1. The number of rotatable bonds is 9. The van der Waals surface area contributed by atoms with E-state index < -0.39 is 23.3 Å². The Morgan fingerprint density at radius 3 is 2.06 bits per heavy atom. The molecular formula is C29H34F4O. The third kappa shape index (κ3) is 5.10. The second kappa shape index (κ2) is 11.1. The zero-order chi connectivity index (χ0) is 24.2. The van der Waals surface area contributed by atoms with Crippen LogP contribution in [0.15, 0.2) is 24.3 Å². The highest BCUT2D eigenvalue weighted by Gasteiger charge is 2.31. The van der Waals surface area contributed by atoms with E-state index in [1.165, 1.54) is 19.3 Å². The Bertz CT molecular complexity index is 1050. The standard InChI is InChI=1S/C29H34F4O/c1-3-5-9-18-12-13-23(34-17-18)11-7-6-10-20-15-22-16-21-14-19(8-4-2)26(30)28(32)24(21)25(22)29(33)27(20)31/h7,11,14-15,18,23H,3-6,8-10,12-13,16-17H2,1-2H3/b11-7+. The van der Waals surface area contributed by atoms with E-state index in [-0.39, 0.29) is 29.2 Å². The zero-order valence-corrected chi connectivity index (χ0v) is 20.2. The fourth-order valence-electron chi connectivity index (χ4n) is 5.32. The quantitative estimate of drug-likeness (QED) is 0.224. The summed E-state index contributed by atoms with van der Waals surface area (Å²) < 4.78 is 65.1. The third-order valence-electron chi connectivity index (χ3n) is 7.18. The molecule has 1 fully saturated rings. The van der Waals surface area contributed by atoms with E-state index in [1.807, 2.05) is 19.1 Å². The number of allylic oxidation sites excluding steroid dienone is 1. The molecule has 34 heavy (non-hydrogen) atoms. The van der Waals surface area contributed by atoms with Gasteiger partial charge in [0.1, 0.15) is 0 Å². The maximum absolute atomic E-state index is 15.0. The van der Waals surface area contributed by atoms with Gasteiger partial charge in [-0.05, 0) is 73.1 Å². The van der Waals surface area contributed by atoms with Crippen molar-refractivity contribution < 1.29 is 22.3 Å². The molecule has 2 aromatic rings. The van der Waals surface area contributed by atoms with Gasteiger partial charge >= 0.3 is 0 Å². The first-order valence-corrected chi connectivity index (χ1v) is 12.7. The molecule has 1 nitrogen and oxygen atoms in total. The summed E-state index contributed by atoms with van der Waals surface area (Å²) in [6.07, 6.45) is 12.2. The van der Waals surface area contributed by atoms with Gasteiger partial charge in [-0.15, -0.1) is 0 Å². The molecule has 2 atom stereocenters. The fourth-order valence-corrected chi connectivity index (χ4v) is 5.32. The monoisotopic (exact) mass is 474 g/mol. The van der Waals surface area contributed by atoms with Crippen LogP contribution in [0.25, 0.3) is 11.1 Å². The minimum atomic E-state index is -1.08. The van der Waals surface area contributed by atoms with Crippen molar-refractivity contribution in [3.8, 4) is 11.1 Å². The largest absolute Gasteiger partial charge is 0.374 e. The van der Waals surface area contributed by atoms with E-state index in [2.05, 4.69) is 6.92 Å². The summed E-state index contributed by atoms with van der Waals surface area (Å²) >= 11 is 0. The van der Waals surface area contributed by atoms with Crippen LogP contribution in [0.2, 0.25) is 0 Å². The molecule has 1 aliphatic carbocycles. The molecule has 1 heterocycles. The van der Waals surface area contributed by atoms with Crippen molar-refractivity contribution in [1.82, 2.24) is 0 Å². The van der Waals surface area contributed by atoms with Gasteiger partial charge in [0.05, 0.1) is 12.7 Å². The second-order valence-corrected chi connectivity index (χ2v) is 9.75. The van der Waals surface area contributed by atoms with Gasteiger partial charge in [0.2, 0.25) is 0 Å². The van der Waals surface area contributed by atoms with Crippen LogP contribution in [0.5, 0.6) is 0 Å². The van der Waals surface area contributed by atoms with E-state index >= 15 is 4.39 Å². The van der Waals surface area contributed by atoms with E-state index in [0.29, 0.717) is 48.3 Å². The summed E-state index contributed by atoms with van der Waals surface area (Å²) in [5, 5.41) is 0. The van der Waals surface area contributed by atoms with Gasteiger partial charge in [0.25, 0.3) is 0 Å². The lowest BCUT2D eigenvalue weighted by atomic mass is 9.93. The number of aryl methyl sites for hydroxylation is 2. The molecule has 1 aliphatic heterocycles. The normalized spacial score (nSPS) is 19.6. The number of hydrogen-bond acceptors (Lipinski definition) is 1. The molecule has 1 saturated heterocycles. The topological polar surface area (TPSA) is 9.23 Å². The van der Waals surface area contributed by atoms with E-state index in [4.69, 9.17) is 4.74 Å². The Balaban J connectivity index is 1.43. The van der Waals surface area contributed by atoms with Crippen LogP contribution in [0.1, 0.15) is 81.0 Å². The lowest BCUT2D eigenvalue weighted by molar-refractivity contribution is 0.00786. The maximum Gasteiger partial charge on any atom is 0.167 e. The van der Waals surface area contributed by atoms with Crippen molar-refractivity contribution in [2.75, 3.05) is 6.61 Å². The van der Waals surface area contributed by atoms with E-state index in [0.717, 1.165) is 19.4 Å². The van der Waals surface area contributed by atoms with Crippen molar-refractivity contribution in [1.29, 1.82) is 0 Å². The molecule has 0 aromatic heterocycles. The first-order valence-electron chi connectivity index (χ1n) is 12.7. The van der Waals surface area contributed by atoms with Gasteiger partial charge < -0.3 is 4.74 Å². The predicted molar refractivity (Wildman–Crippen MR) is 128 cm³/mol. The molecule has 5 heteroatoms. The second-order valence-electron chi connectivity index (χ2n) is 9.75. The number of unbranched alkanes of at least 4 members (excludes halogenated alkanes) is 1. The van der Waals surface area contributed by atoms with Gasteiger partial charge in [-0.3, -0.25) is 0 Å². The Morgan fingerprint density at radius 2 is 1.50 bits per heavy atom. The zero-order valence-electron chi connectivity index (χ0n) is 20.2. The van der Waals surface area contributed by atoms with Crippen LogP contribution in [-0.4, -0.2) is 12.7 Å². The summed E-state index contributed by atoms with van der Waals surface area (Å²) in [5.74, 6) is -3.42. The summed E-state index contributed by atoms with van der Waals surface area (Å²) in [6, 6.07) is 3.22. The summed E-state index contributed by atoms with van der Waals surface area (Å²) in [7, 11) is 0. The van der Waals surface area contributed by atoms with Crippen LogP contribution >= 0.6 is 0 Å². The summed E-state index contributed by atoms with van der Waals surface area (Å²) in [6.45, 7) is 4.88. The molecule has 2 aromatic carbocycles. The molecule has 0 saturated carbocycles. The van der Waals surface area contributed by atoms with Crippen molar-refractivity contribution >= 4 is 0 Å². The van der Waals surface area contributed by atoms with Crippen molar-refractivity contribution in [2.45, 2.75) is 84.2 Å². The smallest absolute Gasteiger partial charge is 0.167 e. The number of benzene rings is 2. The number of ether oxygens (including phenoxy) is 1. The number of hydrogen-bond donors (Lipinski definition) is 0. The Morgan fingerprint density at radius 1 is 0.853 bits per heavy atom. The maximum atomic E-state index is 15.0. The number of fused-ring (bicyclic) bond motifs is 3. The van der Waals surface area contributed by atoms with Crippen molar-refractivity contribution in [3.63, 3.8) is 0 Å². The third-order valence-corrected chi connectivity index (χ3v) is 7.18. The first-order chi connectivity index (χ1) is 16.4. The molecular weight excluding hydrogens is 440 g/mol. The fraction of sp³-hybridized carbons (Fsp3) is 0.517. The average Bonchev–Trinajstić information content (AvgIpc) is 3.21. The molecule has 2 aliphatic rings. The number of halogens is 4. The highest BCUT2D eigenvalue weighted by atomic mass is 19.2. The Kier molecular flexibility index (Phi) is 8.13. The summed E-state index contributed by atoms with van der Waals surface area (Å²) in [5.41, 5.74) is 1.36. The van der Waals surface area contributed by atoms with Crippen LogP contribution in [0.4, 0.5) is 17.6 Å². The van der Waals surface area contributed by atoms with E-state index in [1.54, 1.807) is 12.1 Å². The predicted octanol–water partition coefficient (Wildman–Crippen LogP) is 8.24. The van der Waals surface area contributed by atoms with Gasteiger partial charge in [0.15, 0.2) is 23.3 Å². The van der Waals surface area contributed by atoms with Crippen molar-refractivity contribution in [3.05, 3.63) is 69.8 Å². The van der Waals surface area contributed by atoms with Crippen LogP contribution in [0, 0.1) is 29.2 Å². The highest BCUT2D eigenvalue weighted by molar-refractivity contribution is 5.79. The lowest BCUT2D eigenvalue weighted by Gasteiger charge is -2.27. The molecule has 0 spiro atoms. The molecule has 0 bridgehead atoms. The minimum absolute atomic E-state index is 0.0872. The Labute approximate surface area is 200 Å². The van der Waals surface area contributed by atoms with Gasteiger partial charge in [0, 0.05) is 11.1 Å². The first kappa shape index (κ1) is 25.0. The van der Waals surface area contributed by atoms with Crippen LogP contribution in [0.3, 0.4) is 0 Å². The van der Waals surface area contributed by atoms with Gasteiger partial charge in [-0.2, -0.15) is 0 Å². The van der Waals surface area contributed by atoms with Gasteiger partial charge in [-0.1, -0.05) is 57.4 Å². The van der Waals surface area contributed by atoms with Crippen molar-refractivity contribution in [2.24, 2.45) is 5.92 Å². The van der Waals surface area contributed by atoms with E-state index in [9.17, 15) is 13.2 Å². The molecule has 4 rings (SSSR count). The molecule has 0 N–H and O–H groups in total. The molecule has 2 unspecified atom stereocenters. The molecule has 184 valence electrons. The average molecular weight is 475 g/mol. The van der Waals surface area contributed by atoms with Crippen LogP contribution < -0.4 is 0 Å². The van der Waals surface area contributed by atoms with Gasteiger partial charge in [-0.25, -0.2) is 17.6 Å². The minimum Gasteiger partial charge on any atom is -0.374 e.